The lowest BCUT2D eigenvalue weighted by molar-refractivity contribution is -0.122. The molecule has 0 aliphatic heterocycles. The summed E-state index contributed by atoms with van der Waals surface area (Å²) in [4.78, 5) is 12.3. The van der Waals surface area contributed by atoms with Crippen LogP contribution in [0.4, 0.5) is 4.39 Å². The molecule has 0 aromatic heterocycles. The smallest absolute Gasteiger partial charge is 0.227 e. The zero-order valence-electron chi connectivity index (χ0n) is 13.9. The predicted molar refractivity (Wildman–Crippen MR) is 96.7 cm³/mol. The first-order valence-corrected chi connectivity index (χ1v) is 8.25. The number of amides is 1. The molecule has 0 spiro atoms. The Morgan fingerprint density at radius 3 is 2.48 bits per heavy atom. The van der Waals surface area contributed by atoms with Crippen molar-refractivity contribution in [3.63, 3.8) is 0 Å². The molecule has 2 N–H and O–H groups in total. The lowest BCUT2D eigenvalue weighted by atomic mass is 9.99. The molecule has 0 saturated heterocycles. The monoisotopic (exact) mass is 337 g/mol. The van der Waals surface area contributed by atoms with E-state index in [2.05, 4.69) is 5.32 Å². The Balaban J connectivity index is 1.65. The second kappa shape index (κ2) is 7.45. The van der Waals surface area contributed by atoms with Crippen molar-refractivity contribution in [3.05, 3.63) is 83.7 Å². The highest BCUT2D eigenvalue weighted by Crippen LogP contribution is 2.21. The van der Waals surface area contributed by atoms with Crippen LogP contribution in [0.3, 0.4) is 0 Å². The Morgan fingerprint density at radius 1 is 1.04 bits per heavy atom. The first-order valence-electron chi connectivity index (χ1n) is 8.25. The second-order valence-electron chi connectivity index (χ2n) is 6.11. The summed E-state index contributed by atoms with van der Waals surface area (Å²) >= 11 is 0. The van der Waals surface area contributed by atoms with Crippen molar-refractivity contribution in [2.24, 2.45) is 0 Å². The van der Waals surface area contributed by atoms with Gasteiger partial charge in [0, 0.05) is 6.54 Å². The Bertz CT molecular complexity index is 894. The molecule has 0 bridgehead atoms. The van der Waals surface area contributed by atoms with E-state index in [1.165, 1.54) is 6.07 Å². The highest BCUT2D eigenvalue weighted by molar-refractivity contribution is 5.84. The Labute approximate surface area is 146 Å². The summed E-state index contributed by atoms with van der Waals surface area (Å²) in [5.41, 5.74) is 1.08. The third-order valence-electron chi connectivity index (χ3n) is 4.39. The Hall–Kier alpha value is -2.72. The van der Waals surface area contributed by atoms with E-state index < -0.39 is 17.8 Å². The number of carbonyl (C=O) groups is 1. The van der Waals surface area contributed by atoms with Crippen molar-refractivity contribution in [2.45, 2.75) is 18.9 Å². The standard InChI is InChI=1S/C21H20FNO2/c1-14(18-8-4-5-9-19(18)22)21(25)23-13-20(24)17-11-10-15-6-2-3-7-16(15)12-17/h2-12,14,20,24H,13H2,1H3,(H,23,25). The van der Waals surface area contributed by atoms with Crippen molar-refractivity contribution in [1.82, 2.24) is 5.32 Å². The number of rotatable bonds is 5. The van der Waals surface area contributed by atoms with Crippen molar-refractivity contribution < 1.29 is 14.3 Å². The van der Waals surface area contributed by atoms with Gasteiger partial charge in [0.1, 0.15) is 5.82 Å². The van der Waals surface area contributed by atoms with Gasteiger partial charge < -0.3 is 10.4 Å². The lowest BCUT2D eigenvalue weighted by Gasteiger charge is -2.16. The van der Waals surface area contributed by atoms with E-state index in [9.17, 15) is 14.3 Å². The fourth-order valence-electron chi connectivity index (χ4n) is 2.85. The summed E-state index contributed by atoms with van der Waals surface area (Å²) in [6, 6.07) is 19.8. The summed E-state index contributed by atoms with van der Waals surface area (Å²) in [5, 5.41) is 15.2. The van der Waals surface area contributed by atoms with Crippen molar-refractivity contribution in [1.29, 1.82) is 0 Å². The fraction of sp³-hybridized carbons (Fsp3) is 0.190. The highest BCUT2D eigenvalue weighted by atomic mass is 19.1. The average molecular weight is 337 g/mol. The van der Waals surface area contributed by atoms with Crippen LogP contribution in [-0.4, -0.2) is 17.6 Å². The van der Waals surface area contributed by atoms with Gasteiger partial charge in [0.15, 0.2) is 0 Å². The highest BCUT2D eigenvalue weighted by Gasteiger charge is 2.19. The molecule has 0 aliphatic rings. The van der Waals surface area contributed by atoms with Crippen LogP contribution in [0.25, 0.3) is 10.8 Å². The van der Waals surface area contributed by atoms with Crippen LogP contribution < -0.4 is 5.32 Å². The molecule has 25 heavy (non-hydrogen) atoms. The van der Waals surface area contributed by atoms with Crippen LogP contribution in [0.1, 0.15) is 30.1 Å². The Kier molecular flexibility index (Phi) is 5.10. The molecule has 0 heterocycles. The van der Waals surface area contributed by atoms with E-state index in [0.29, 0.717) is 5.56 Å². The van der Waals surface area contributed by atoms with Crippen LogP contribution in [0.5, 0.6) is 0 Å². The van der Waals surface area contributed by atoms with Gasteiger partial charge in [0.25, 0.3) is 0 Å². The molecule has 0 aliphatic carbocycles. The maximum absolute atomic E-state index is 13.8. The normalized spacial score (nSPS) is 13.4. The minimum absolute atomic E-state index is 0.0793. The fourth-order valence-corrected chi connectivity index (χ4v) is 2.85. The third kappa shape index (κ3) is 3.86. The van der Waals surface area contributed by atoms with E-state index in [0.717, 1.165) is 16.3 Å². The number of benzene rings is 3. The zero-order chi connectivity index (χ0) is 17.8. The van der Waals surface area contributed by atoms with Crippen LogP contribution in [0, 0.1) is 5.82 Å². The number of carbonyl (C=O) groups excluding carboxylic acids is 1. The van der Waals surface area contributed by atoms with Crippen LogP contribution >= 0.6 is 0 Å². The van der Waals surface area contributed by atoms with Gasteiger partial charge in [-0.05, 0) is 41.0 Å². The minimum atomic E-state index is -0.818. The van der Waals surface area contributed by atoms with Crippen molar-refractivity contribution in [2.75, 3.05) is 6.54 Å². The zero-order valence-corrected chi connectivity index (χ0v) is 13.9. The summed E-state index contributed by atoms with van der Waals surface area (Å²) < 4.78 is 13.8. The van der Waals surface area contributed by atoms with E-state index in [4.69, 9.17) is 0 Å². The number of hydrogen-bond donors (Lipinski definition) is 2. The molecule has 3 aromatic carbocycles. The van der Waals surface area contributed by atoms with Gasteiger partial charge in [-0.3, -0.25) is 4.79 Å². The largest absolute Gasteiger partial charge is 0.387 e. The molecule has 0 fully saturated rings. The van der Waals surface area contributed by atoms with E-state index in [1.54, 1.807) is 25.1 Å². The number of aliphatic hydroxyl groups excluding tert-OH is 1. The van der Waals surface area contributed by atoms with Crippen LogP contribution in [-0.2, 0) is 4.79 Å². The van der Waals surface area contributed by atoms with Crippen molar-refractivity contribution >= 4 is 16.7 Å². The predicted octanol–water partition coefficient (Wildman–Crippen LogP) is 3.93. The van der Waals surface area contributed by atoms with Crippen molar-refractivity contribution in [3.8, 4) is 0 Å². The van der Waals surface area contributed by atoms with Gasteiger partial charge in [-0.1, -0.05) is 54.6 Å². The van der Waals surface area contributed by atoms with Gasteiger partial charge in [-0.25, -0.2) is 4.39 Å². The quantitative estimate of drug-likeness (QED) is 0.741. The maximum atomic E-state index is 13.8. The SMILES string of the molecule is CC(C(=O)NCC(O)c1ccc2ccccc2c1)c1ccccc1F. The summed E-state index contributed by atoms with van der Waals surface area (Å²) in [6.07, 6.45) is -0.818. The van der Waals surface area contributed by atoms with Gasteiger partial charge >= 0.3 is 0 Å². The average Bonchev–Trinajstić information content (AvgIpc) is 2.65. The lowest BCUT2D eigenvalue weighted by Crippen LogP contribution is -2.32. The van der Waals surface area contributed by atoms with Crippen LogP contribution in [0.2, 0.25) is 0 Å². The Morgan fingerprint density at radius 2 is 1.72 bits per heavy atom. The molecule has 3 aromatic rings. The number of fused-ring (bicyclic) bond motifs is 1. The topological polar surface area (TPSA) is 49.3 Å². The van der Waals surface area contributed by atoms with Gasteiger partial charge in [0.2, 0.25) is 5.91 Å². The number of hydrogen-bond acceptors (Lipinski definition) is 2. The minimum Gasteiger partial charge on any atom is -0.387 e. The summed E-state index contributed by atoms with van der Waals surface area (Å²) in [5.74, 6) is -1.34. The molecule has 2 unspecified atom stereocenters. The molecule has 1 amide bonds. The van der Waals surface area contributed by atoms with Gasteiger partial charge in [-0.2, -0.15) is 0 Å². The summed E-state index contributed by atoms with van der Waals surface area (Å²) in [6.45, 7) is 1.73. The first kappa shape index (κ1) is 17.1. The number of halogens is 1. The second-order valence-corrected chi connectivity index (χ2v) is 6.11. The molecular formula is C21H20FNO2. The molecule has 128 valence electrons. The molecule has 0 radical (unpaired) electrons. The third-order valence-corrected chi connectivity index (χ3v) is 4.39. The summed E-state index contributed by atoms with van der Waals surface area (Å²) in [7, 11) is 0. The molecule has 3 nitrogen and oxygen atoms in total. The maximum Gasteiger partial charge on any atom is 0.227 e. The molecule has 2 atom stereocenters. The van der Waals surface area contributed by atoms with Gasteiger partial charge in [-0.15, -0.1) is 0 Å². The van der Waals surface area contributed by atoms with E-state index in [-0.39, 0.29) is 12.5 Å². The molecule has 0 saturated carbocycles. The molecular weight excluding hydrogens is 317 g/mol. The van der Waals surface area contributed by atoms with E-state index >= 15 is 0 Å². The number of nitrogens with one attached hydrogen (secondary N) is 1. The van der Waals surface area contributed by atoms with Crippen LogP contribution in [0.15, 0.2) is 66.7 Å². The first-order chi connectivity index (χ1) is 12.1. The number of aliphatic hydroxyl groups is 1. The molecule has 4 heteroatoms. The van der Waals surface area contributed by atoms with E-state index in [1.807, 2.05) is 42.5 Å². The van der Waals surface area contributed by atoms with Gasteiger partial charge in [0.05, 0.1) is 12.0 Å². The molecule has 3 rings (SSSR count).